The Balaban J connectivity index is 1.98. The minimum absolute atomic E-state index is 0.0145. The van der Waals surface area contributed by atoms with Gasteiger partial charge in [-0.2, -0.15) is 5.10 Å². The Morgan fingerprint density at radius 1 is 1.14 bits per heavy atom. The summed E-state index contributed by atoms with van der Waals surface area (Å²) in [7, 11) is 0. The van der Waals surface area contributed by atoms with Crippen LogP contribution in [0.15, 0.2) is 59.4 Å². The number of nitrogens with one attached hydrogen (secondary N) is 1. The molecule has 1 aromatic heterocycles. The van der Waals surface area contributed by atoms with Crippen LogP contribution < -0.4 is 10.7 Å². The van der Waals surface area contributed by atoms with Gasteiger partial charge in [0.15, 0.2) is 5.69 Å². The maximum absolute atomic E-state index is 13.3. The fourth-order valence-electron chi connectivity index (χ4n) is 3.09. The molecule has 0 saturated heterocycles. The van der Waals surface area contributed by atoms with Gasteiger partial charge in [-0.25, -0.2) is 9.07 Å². The number of aromatic nitrogens is 2. The average molecular weight is 414 g/mol. The zero-order valence-corrected chi connectivity index (χ0v) is 17.1. The standard InChI is InChI=1S/C22H21ClFN3O2/c1-13(2)20(15-8-10-16(24)11-9-15)25-22(29)21-19(28)12-14(3)27(26-21)18-7-5-4-6-17(18)23/h4-13,20H,1-3H3,(H,25,29). The number of carbonyl (C=O) groups is 1. The fraction of sp³-hybridized carbons (Fsp3) is 0.227. The van der Waals surface area contributed by atoms with Crippen LogP contribution in [0.1, 0.15) is 41.6 Å². The number of aryl methyl sites for hydroxylation is 1. The summed E-state index contributed by atoms with van der Waals surface area (Å²) in [5.74, 6) is -0.940. The summed E-state index contributed by atoms with van der Waals surface area (Å²) in [6.07, 6.45) is 0. The molecule has 0 saturated carbocycles. The number of hydrogen-bond acceptors (Lipinski definition) is 3. The normalized spacial score (nSPS) is 12.1. The van der Waals surface area contributed by atoms with Crippen LogP contribution in [-0.2, 0) is 0 Å². The Morgan fingerprint density at radius 3 is 2.41 bits per heavy atom. The predicted octanol–water partition coefficient (Wildman–Crippen LogP) is 4.46. The maximum atomic E-state index is 13.3. The highest BCUT2D eigenvalue weighted by molar-refractivity contribution is 6.32. The molecule has 3 rings (SSSR count). The first-order chi connectivity index (χ1) is 13.8. The van der Waals surface area contributed by atoms with Gasteiger partial charge in [0.2, 0.25) is 5.43 Å². The Morgan fingerprint density at radius 2 is 1.79 bits per heavy atom. The minimum atomic E-state index is -0.598. The summed E-state index contributed by atoms with van der Waals surface area (Å²) in [4.78, 5) is 25.4. The topological polar surface area (TPSA) is 64.0 Å². The molecule has 29 heavy (non-hydrogen) atoms. The summed E-state index contributed by atoms with van der Waals surface area (Å²) in [5, 5.41) is 7.57. The van der Waals surface area contributed by atoms with Gasteiger partial charge in [-0.1, -0.05) is 49.7 Å². The Hall–Kier alpha value is -2.99. The summed E-state index contributed by atoms with van der Waals surface area (Å²) < 4.78 is 14.7. The molecule has 1 unspecified atom stereocenters. The zero-order valence-electron chi connectivity index (χ0n) is 16.3. The van der Waals surface area contributed by atoms with Crippen molar-refractivity contribution in [3.8, 4) is 5.69 Å². The molecule has 1 heterocycles. The third-order valence-corrected chi connectivity index (χ3v) is 4.91. The number of rotatable bonds is 5. The van der Waals surface area contributed by atoms with Gasteiger partial charge in [-0.05, 0) is 42.7 Å². The monoisotopic (exact) mass is 413 g/mol. The zero-order chi connectivity index (χ0) is 21.1. The number of para-hydroxylation sites is 1. The SMILES string of the molecule is Cc1cc(=O)c(C(=O)NC(c2ccc(F)cc2)C(C)C)nn1-c1ccccc1Cl. The lowest BCUT2D eigenvalue weighted by molar-refractivity contribution is 0.0917. The number of carbonyl (C=O) groups excluding carboxylic acids is 1. The van der Waals surface area contributed by atoms with Crippen LogP contribution in [0.2, 0.25) is 5.02 Å². The largest absolute Gasteiger partial charge is 0.343 e. The number of amides is 1. The van der Waals surface area contributed by atoms with E-state index in [-0.39, 0.29) is 17.4 Å². The van der Waals surface area contributed by atoms with Crippen LogP contribution in [0.25, 0.3) is 5.69 Å². The number of nitrogens with zero attached hydrogens (tertiary/aromatic N) is 2. The van der Waals surface area contributed by atoms with Crippen molar-refractivity contribution in [2.24, 2.45) is 5.92 Å². The molecular weight excluding hydrogens is 393 g/mol. The van der Waals surface area contributed by atoms with Crippen molar-refractivity contribution in [3.63, 3.8) is 0 Å². The van der Waals surface area contributed by atoms with Crippen LogP contribution >= 0.6 is 11.6 Å². The highest BCUT2D eigenvalue weighted by Crippen LogP contribution is 2.23. The van der Waals surface area contributed by atoms with E-state index >= 15 is 0 Å². The van der Waals surface area contributed by atoms with E-state index in [0.717, 1.165) is 5.56 Å². The lowest BCUT2D eigenvalue weighted by Gasteiger charge is -2.23. The summed E-state index contributed by atoms with van der Waals surface area (Å²) >= 11 is 6.25. The number of hydrogen-bond donors (Lipinski definition) is 1. The molecule has 0 aliphatic rings. The van der Waals surface area contributed by atoms with E-state index in [1.54, 1.807) is 43.3 Å². The first-order valence-electron chi connectivity index (χ1n) is 9.20. The number of halogens is 2. The molecule has 0 aliphatic heterocycles. The van der Waals surface area contributed by atoms with E-state index < -0.39 is 17.4 Å². The smallest absolute Gasteiger partial charge is 0.276 e. The summed E-state index contributed by atoms with van der Waals surface area (Å²) in [6, 6.07) is 13.9. The van der Waals surface area contributed by atoms with E-state index in [0.29, 0.717) is 16.4 Å². The van der Waals surface area contributed by atoms with Gasteiger partial charge >= 0.3 is 0 Å². The predicted molar refractivity (Wildman–Crippen MR) is 111 cm³/mol. The van der Waals surface area contributed by atoms with Gasteiger partial charge in [-0.15, -0.1) is 0 Å². The molecule has 1 N–H and O–H groups in total. The van der Waals surface area contributed by atoms with Gasteiger partial charge in [0, 0.05) is 11.8 Å². The summed E-state index contributed by atoms with van der Waals surface area (Å²) in [6.45, 7) is 5.58. The van der Waals surface area contributed by atoms with Gasteiger partial charge in [0.1, 0.15) is 5.82 Å². The van der Waals surface area contributed by atoms with Crippen molar-refractivity contribution in [1.82, 2.24) is 15.1 Å². The second-order valence-corrected chi connectivity index (χ2v) is 7.52. The molecular formula is C22H21ClFN3O2. The molecule has 3 aromatic rings. The highest BCUT2D eigenvalue weighted by atomic mass is 35.5. The van der Waals surface area contributed by atoms with E-state index in [4.69, 9.17) is 11.6 Å². The van der Waals surface area contributed by atoms with E-state index in [2.05, 4.69) is 10.4 Å². The fourth-order valence-corrected chi connectivity index (χ4v) is 3.30. The molecule has 0 fully saturated rings. The molecule has 0 radical (unpaired) electrons. The molecule has 0 aliphatic carbocycles. The number of benzene rings is 2. The van der Waals surface area contributed by atoms with Crippen molar-refractivity contribution < 1.29 is 9.18 Å². The summed E-state index contributed by atoms with van der Waals surface area (Å²) in [5.41, 5.74) is 1.15. The second kappa shape index (κ2) is 8.57. The van der Waals surface area contributed by atoms with Crippen LogP contribution in [-0.4, -0.2) is 15.7 Å². The highest BCUT2D eigenvalue weighted by Gasteiger charge is 2.23. The maximum Gasteiger partial charge on any atom is 0.276 e. The third kappa shape index (κ3) is 4.54. The first kappa shape index (κ1) is 20.7. The van der Waals surface area contributed by atoms with E-state index in [1.807, 2.05) is 13.8 Å². The molecule has 1 atom stereocenters. The quantitative estimate of drug-likeness (QED) is 0.671. The van der Waals surface area contributed by atoms with Crippen molar-refractivity contribution in [2.75, 3.05) is 0 Å². The van der Waals surface area contributed by atoms with Gasteiger partial charge in [0.25, 0.3) is 5.91 Å². The van der Waals surface area contributed by atoms with E-state index in [1.165, 1.54) is 22.9 Å². The minimum Gasteiger partial charge on any atom is -0.343 e. The van der Waals surface area contributed by atoms with Crippen molar-refractivity contribution in [3.05, 3.63) is 92.6 Å². The Labute approximate surface area is 173 Å². The first-order valence-corrected chi connectivity index (χ1v) is 9.58. The van der Waals surface area contributed by atoms with Gasteiger partial charge in [0.05, 0.1) is 16.8 Å². The average Bonchev–Trinajstić information content (AvgIpc) is 2.67. The molecule has 1 amide bonds. The van der Waals surface area contributed by atoms with Crippen LogP contribution in [0.5, 0.6) is 0 Å². The Bertz CT molecular complexity index is 1090. The lowest BCUT2D eigenvalue weighted by Crippen LogP contribution is -2.36. The van der Waals surface area contributed by atoms with Crippen LogP contribution in [0.3, 0.4) is 0 Å². The second-order valence-electron chi connectivity index (χ2n) is 7.11. The molecule has 5 nitrogen and oxygen atoms in total. The van der Waals surface area contributed by atoms with Crippen molar-refractivity contribution >= 4 is 17.5 Å². The lowest BCUT2D eigenvalue weighted by atomic mass is 9.96. The van der Waals surface area contributed by atoms with Crippen molar-refractivity contribution in [2.45, 2.75) is 26.8 Å². The Kier molecular flexibility index (Phi) is 6.13. The van der Waals surface area contributed by atoms with Gasteiger partial charge < -0.3 is 5.32 Å². The molecule has 0 bridgehead atoms. The third-order valence-electron chi connectivity index (χ3n) is 4.59. The van der Waals surface area contributed by atoms with Crippen molar-refractivity contribution in [1.29, 1.82) is 0 Å². The van der Waals surface area contributed by atoms with Crippen LogP contribution in [0.4, 0.5) is 4.39 Å². The van der Waals surface area contributed by atoms with Crippen LogP contribution in [0, 0.1) is 18.7 Å². The van der Waals surface area contributed by atoms with Gasteiger partial charge in [-0.3, -0.25) is 9.59 Å². The molecule has 7 heteroatoms. The molecule has 2 aromatic carbocycles. The van der Waals surface area contributed by atoms with E-state index in [9.17, 15) is 14.0 Å². The molecule has 150 valence electrons. The molecule has 0 spiro atoms.